The molecule has 3 N–H and O–H groups in total. The maximum absolute atomic E-state index is 14.1. The number of benzene rings is 3. The van der Waals surface area contributed by atoms with E-state index in [1.165, 1.54) is 18.4 Å². The molecule has 0 spiro atoms. The van der Waals surface area contributed by atoms with Crippen LogP contribution in [-0.4, -0.2) is 78.5 Å². The van der Waals surface area contributed by atoms with Crippen molar-refractivity contribution in [3.05, 3.63) is 77.9 Å². The lowest BCUT2D eigenvalue weighted by Gasteiger charge is -2.39. The third-order valence-corrected chi connectivity index (χ3v) is 11.9. The van der Waals surface area contributed by atoms with E-state index in [-0.39, 0.29) is 35.4 Å². The molecule has 2 aromatic heterocycles. The van der Waals surface area contributed by atoms with Crippen LogP contribution in [0.4, 0.5) is 0 Å². The number of phenolic OH excluding ortho intramolecular Hbond substituents is 1. The average molecular weight is 677 g/mol. The van der Waals surface area contributed by atoms with Crippen LogP contribution in [0.5, 0.6) is 11.5 Å². The van der Waals surface area contributed by atoms with Crippen molar-refractivity contribution in [3.8, 4) is 23.0 Å². The molecular formula is C38H40N6O4S. The van der Waals surface area contributed by atoms with E-state index in [0.717, 1.165) is 41.8 Å². The molecule has 2 bridgehead atoms. The van der Waals surface area contributed by atoms with Gasteiger partial charge in [-0.2, -0.15) is 12.6 Å². The number of carbonyl (C=O) groups is 2. The number of hydrogen-bond acceptors (Lipinski definition) is 7. The Morgan fingerprint density at radius 2 is 1.67 bits per heavy atom. The summed E-state index contributed by atoms with van der Waals surface area (Å²) in [5.74, 6) is 2.46. The number of imidazole rings is 1. The van der Waals surface area contributed by atoms with Gasteiger partial charge < -0.3 is 34.5 Å². The fraction of sp³-hybridized carbons (Fsp3) is 0.395. The van der Waals surface area contributed by atoms with E-state index < -0.39 is 4.87 Å². The summed E-state index contributed by atoms with van der Waals surface area (Å²) in [6.45, 7) is 3.36. The third-order valence-electron chi connectivity index (χ3n) is 11.3. The van der Waals surface area contributed by atoms with E-state index in [2.05, 4.69) is 39.5 Å². The highest BCUT2D eigenvalue weighted by Crippen LogP contribution is 2.47. The number of phenols is 1. The maximum Gasteiger partial charge on any atom is 0.254 e. The van der Waals surface area contributed by atoms with Crippen molar-refractivity contribution in [3.63, 3.8) is 0 Å². The summed E-state index contributed by atoms with van der Waals surface area (Å²) in [7, 11) is 1.64. The quantitative estimate of drug-likeness (QED) is 0.150. The third kappa shape index (κ3) is 5.00. The van der Waals surface area contributed by atoms with Crippen LogP contribution in [0.3, 0.4) is 0 Å². The molecular weight excluding hydrogens is 637 g/mol. The molecule has 11 heteroatoms. The Labute approximate surface area is 289 Å². The van der Waals surface area contributed by atoms with Gasteiger partial charge in [0.1, 0.15) is 17.0 Å². The zero-order valence-electron chi connectivity index (χ0n) is 27.5. The van der Waals surface area contributed by atoms with Crippen LogP contribution in [-0.2, 0) is 13.1 Å². The van der Waals surface area contributed by atoms with Crippen LogP contribution in [0.15, 0.2) is 66.7 Å². The van der Waals surface area contributed by atoms with Gasteiger partial charge in [0.05, 0.1) is 29.2 Å². The Morgan fingerprint density at radius 3 is 2.37 bits per heavy atom. The van der Waals surface area contributed by atoms with Gasteiger partial charge in [0.2, 0.25) is 0 Å². The number of fused-ring (bicyclic) bond motifs is 4. The summed E-state index contributed by atoms with van der Waals surface area (Å²) in [6, 6.07) is 20.7. The number of thiol groups is 1. The van der Waals surface area contributed by atoms with Gasteiger partial charge in [0, 0.05) is 66.6 Å². The highest BCUT2D eigenvalue weighted by Gasteiger charge is 2.55. The average Bonchev–Trinajstić information content (AvgIpc) is 3.54. The van der Waals surface area contributed by atoms with E-state index in [9.17, 15) is 14.7 Å². The number of methoxy groups -OCH3 is 1. The fourth-order valence-electron chi connectivity index (χ4n) is 8.42. The lowest BCUT2D eigenvalue weighted by molar-refractivity contribution is 0.0471. The van der Waals surface area contributed by atoms with Crippen molar-refractivity contribution in [2.45, 2.75) is 49.7 Å². The Morgan fingerprint density at radius 1 is 0.918 bits per heavy atom. The molecule has 252 valence electrons. The Balaban J connectivity index is 1.11. The summed E-state index contributed by atoms with van der Waals surface area (Å²) >= 11 is 4.78. The summed E-state index contributed by atoms with van der Waals surface area (Å²) in [4.78, 5) is 35.6. The van der Waals surface area contributed by atoms with Gasteiger partial charge in [0.25, 0.3) is 11.8 Å². The first-order valence-corrected chi connectivity index (χ1v) is 17.7. The number of amides is 2. The summed E-state index contributed by atoms with van der Waals surface area (Å²) in [6.07, 6.45) is 4.29. The van der Waals surface area contributed by atoms with Gasteiger partial charge in [-0.15, -0.1) is 0 Å². The fourth-order valence-corrected chi connectivity index (χ4v) is 8.90. The van der Waals surface area contributed by atoms with Crippen molar-refractivity contribution < 1.29 is 19.4 Å². The van der Waals surface area contributed by atoms with Crippen LogP contribution in [0.25, 0.3) is 33.5 Å². The second-order valence-corrected chi connectivity index (χ2v) is 15.3. The Bertz CT molecular complexity index is 2130. The number of likely N-dealkylation sites (tertiary alicyclic amines) is 2. The van der Waals surface area contributed by atoms with Gasteiger partial charge in [-0.3, -0.25) is 9.59 Å². The van der Waals surface area contributed by atoms with Gasteiger partial charge in [-0.1, -0.05) is 18.2 Å². The summed E-state index contributed by atoms with van der Waals surface area (Å²) in [5.41, 5.74) is 11.4. The SMILES string of the molecule is COc1cc(C(=O)N2CC3CCC2[C@]3(N)S)cc2nc(-c3cc4ccccc4n3CC3CC3)n(CC3CN(C(=O)c4ccc(O)cc4)C3)c12. The molecule has 2 saturated heterocycles. The monoisotopic (exact) mass is 676 g/mol. The number of piperidine rings is 1. The standard InChI is InChI=1S/C38H40N6O4S/c1-48-32-16-26(37(47)43-21-27-10-13-33(43)38(27,39)49)14-29-34(32)44(20-23-17-41(18-23)36(46)24-8-11-28(45)12-9-24)35(40-29)31-15-25-4-2-3-5-30(25)42(31)19-22-6-7-22/h2-5,8-9,11-12,14-16,22-23,27,33,45,49H,6-7,10,13,17-21,39H2,1H3/t27?,33?,38-/m1/s1. The molecule has 3 aromatic carbocycles. The lowest BCUT2D eigenvalue weighted by atomic mass is 9.98. The second-order valence-electron chi connectivity index (χ2n) is 14.5. The van der Waals surface area contributed by atoms with Crippen molar-refractivity contribution in [2.75, 3.05) is 26.7 Å². The zero-order valence-corrected chi connectivity index (χ0v) is 28.4. The van der Waals surface area contributed by atoms with E-state index in [1.807, 2.05) is 21.9 Å². The molecule has 2 aliphatic heterocycles. The minimum Gasteiger partial charge on any atom is -0.508 e. The normalized spacial score (nSPS) is 23.5. The molecule has 4 aliphatic rings. The number of nitrogens with two attached hydrogens (primary N) is 1. The highest BCUT2D eigenvalue weighted by molar-refractivity contribution is 7.81. The largest absolute Gasteiger partial charge is 0.508 e. The molecule has 0 radical (unpaired) electrons. The Kier molecular flexibility index (Phi) is 7.04. The highest BCUT2D eigenvalue weighted by atomic mass is 32.1. The van der Waals surface area contributed by atoms with Crippen LogP contribution in [0.2, 0.25) is 0 Å². The molecule has 3 atom stereocenters. The maximum atomic E-state index is 14.1. The van der Waals surface area contributed by atoms with E-state index in [0.29, 0.717) is 54.5 Å². The number of carbonyl (C=O) groups excluding carboxylic acids is 2. The number of hydrogen-bond donors (Lipinski definition) is 3. The first kappa shape index (κ1) is 30.6. The van der Waals surface area contributed by atoms with Crippen LogP contribution < -0.4 is 10.5 Å². The number of rotatable bonds is 8. The van der Waals surface area contributed by atoms with E-state index in [4.69, 9.17) is 28.1 Å². The summed E-state index contributed by atoms with van der Waals surface area (Å²) < 4.78 is 10.7. The topological polar surface area (TPSA) is 119 Å². The molecule has 2 amide bonds. The molecule has 4 heterocycles. The predicted octanol–water partition coefficient (Wildman–Crippen LogP) is 5.37. The Hall–Kier alpha value is -4.48. The number of ether oxygens (including phenoxy) is 1. The minimum absolute atomic E-state index is 0.0458. The first-order chi connectivity index (χ1) is 23.7. The first-order valence-electron chi connectivity index (χ1n) is 17.3. The number of para-hydroxylation sites is 1. The van der Waals surface area contributed by atoms with Crippen molar-refractivity contribution in [1.29, 1.82) is 0 Å². The molecule has 10 nitrogen and oxygen atoms in total. The molecule has 4 fully saturated rings. The smallest absolute Gasteiger partial charge is 0.254 e. The zero-order chi connectivity index (χ0) is 33.6. The second kappa shape index (κ2) is 11.3. The van der Waals surface area contributed by atoms with Crippen molar-refractivity contribution in [1.82, 2.24) is 23.9 Å². The van der Waals surface area contributed by atoms with E-state index in [1.54, 1.807) is 31.4 Å². The lowest BCUT2D eigenvalue weighted by Crippen LogP contribution is -2.51. The number of aromatic hydroxyl groups is 1. The van der Waals surface area contributed by atoms with Crippen molar-refractivity contribution >= 4 is 46.4 Å². The van der Waals surface area contributed by atoms with E-state index >= 15 is 0 Å². The minimum atomic E-state index is -0.673. The molecule has 5 aromatic rings. The molecule has 2 aliphatic carbocycles. The molecule has 9 rings (SSSR count). The van der Waals surface area contributed by atoms with Crippen LogP contribution in [0, 0.1) is 17.8 Å². The van der Waals surface area contributed by atoms with Gasteiger partial charge in [0.15, 0.2) is 5.82 Å². The van der Waals surface area contributed by atoms with Gasteiger partial charge in [-0.25, -0.2) is 4.98 Å². The summed E-state index contributed by atoms with van der Waals surface area (Å²) in [5, 5.41) is 10.8. The van der Waals surface area contributed by atoms with Gasteiger partial charge in [-0.05, 0) is 80.1 Å². The number of nitrogens with zero attached hydrogens (tertiary/aromatic N) is 5. The van der Waals surface area contributed by atoms with Crippen LogP contribution in [0.1, 0.15) is 46.4 Å². The molecule has 2 saturated carbocycles. The van der Waals surface area contributed by atoms with Crippen molar-refractivity contribution in [2.24, 2.45) is 23.5 Å². The van der Waals surface area contributed by atoms with Gasteiger partial charge >= 0.3 is 0 Å². The molecule has 2 unspecified atom stereocenters. The number of aromatic nitrogens is 3. The van der Waals surface area contributed by atoms with Crippen LogP contribution >= 0.6 is 12.6 Å². The predicted molar refractivity (Wildman–Crippen MR) is 191 cm³/mol. The molecule has 49 heavy (non-hydrogen) atoms.